The largest absolute Gasteiger partial charge is 0.207 e. The van der Waals surface area contributed by atoms with Crippen molar-refractivity contribution in [2.45, 2.75) is 41.5 Å². The molecule has 0 aliphatic carbocycles. The molecule has 0 aliphatic heterocycles. The van der Waals surface area contributed by atoms with Crippen LogP contribution < -0.4 is 0 Å². The summed E-state index contributed by atoms with van der Waals surface area (Å²) in [6.45, 7) is 11.4. The number of halogens is 3. The van der Waals surface area contributed by atoms with E-state index in [2.05, 4.69) is 66.4 Å². The molecule has 6 aromatic rings. The quantitative estimate of drug-likeness (QED) is 0.139. The summed E-state index contributed by atoms with van der Waals surface area (Å²) in [6, 6.07) is 35.3. The minimum Gasteiger partial charge on any atom is -0.207 e. The van der Waals surface area contributed by atoms with Gasteiger partial charge in [-0.2, -0.15) is 0 Å². The van der Waals surface area contributed by atoms with Gasteiger partial charge in [0.1, 0.15) is 17.5 Å². The molecule has 0 amide bonds. The molecule has 6 aromatic carbocycles. The van der Waals surface area contributed by atoms with Crippen LogP contribution in [0.15, 0.2) is 115 Å². The highest BCUT2D eigenvalue weighted by atomic mass is 19.1. The molecule has 3 heteroatoms. The van der Waals surface area contributed by atoms with Crippen LogP contribution in [-0.4, -0.2) is 0 Å². The topological polar surface area (TPSA) is 0 Å². The summed E-state index contributed by atoms with van der Waals surface area (Å²) in [6.07, 6.45) is 0. The van der Waals surface area contributed by atoms with Gasteiger partial charge in [-0.15, -0.1) is 0 Å². The van der Waals surface area contributed by atoms with Crippen LogP contribution in [0.4, 0.5) is 13.2 Å². The van der Waals surface area contributed by atoms with Gasteiger partial charge in [-0.25, -0.2) is 13.2 Å². The number of benzene rings is 6. The molecule has 0 aliphatic rings. The molecular formula is C50H37F3. The average molecular weight is 695 g/mol. The third-order valence-electron chi connectivity index (χ3n) is 8.28. The lowest BCUT2D eigenvalue weighted by Gasteiger charge is -2.00. The van der Waals surface area contributed by atoms with Gasteiger partial charge >= 0.3 is 0 Å². The normalized spacial score (nSPS) is 9.75. The van der Waals surface area contributed by atoms with Crippen molar-refractivity contribution in [3.05, 3.63) is 211 Å². The van der Waals surface area contributed by atoms with Crippen molar-refractivity contribution >= 4 is 0 Å². The van der Waals surface area contributed by atoms with E-state index < -0.39 is 11.6 Å². The van der Waals surface area contributed by atoms with Gasteiger partial charge in [0.2, 0.25) is 0 Å². The first kappa shape index (κ1) is 37.6. The van der Waals surface area contributed by atoms with Crippen LogP contribution in [0.25, 0.3) is 0 Å². The van der Waals surface area contributed by atoms with Gasteiger partial charge in [-0.05, 0) is 149 Å². The van der Waals surface area contributed by atoms with Gasteiger partial charge < -0.3 is 0 Å². The molecule has 53 heavy (non-hydrogen) atoms. The summed E-state index contributed by atoms with van der Waals surface area (Å²) in [7, 11) is 0. The lowest BCUT2D eigenvalue weighted by molar-refractivity contribution is 0.575. The van der Waals surface area contributed by atoms with Gasteiger partial charge in [-0.1, -0.05) is 88.8 Å². The van der Waals surface area contributed by atoms with Gasteiger partial charge in [0.15, 0.2) is 0 Å². The average Bonchev–Trinajstić information content (AvgIpc) is 3.12. The van der Waals surface area contributed by atoms with E-state index in [9.17, 15) is 13.2 Å². The van der Waals surface area contributed by atoms with Crippen molar-refractivity contribution in [2.75, 3.05) is 0 Å². The van der Waals surface area contributed by atoms with Crippen LogP contribution in [0.5, 0.6) is 0 Å². The van der Waals surface area contributed by atoms with E-state index in [1.807, 2.05) is 99.6 Å². The molecule has 0 bridgehead atoms. The Morgan fingerprint density at radius 2 is 0.679 bits per heavy atom. The van der Waals surface area contributed by atoms with Crippen molar-refractivity contribution in [3.8, 4) is 47.4 Å². The molecule has 0 heterocycles. The maximum Gasteiger partial charge on any atom is 0.142 e. The fourth-order valence-electron chi connectivity index (χ4n) is 5.09. The SMILES string of the molecule is Cc1ccc(C#Cc2ccc(C#Cc3c(F)cc(C)cc3F)cc2C)cc1.Cc1ccc(C#Cc2ccc(C#Cc3ccc(C)c(F)c3)cc2C)cc1. The number of hydrogen-bond acceptors (Lipinski definition) is 0. The molecule has 258 valence electrons. The molecule has 0 saturated carbocycles. The van der Waals surface area contributed by atoms with Crippen LogP contribution in [0.3, 0.4) is 0 Å². The molecule has 0 radical (unpaired) electrons. The summed E-state index contributed by atoms with van der Waals surface area (Å²) in [5.41, 5.74) is 11.5. The van der Waals surface area contributed by atoms with Gasteiger partial charge in [0.25, 0.3) is 0 Å². The van der Waals surface area contributed by atoms with Gasteiger partial charge in [0.05, 0.1) is 5.56 Å². The first-order valence-electron chi connectivity index (χ1n) is 17.1. The van der Waals surface area contributed by atoms with Crippen LogP contribution in [0.1, 0.15) is 77.9 Å². The Morgan fingerprint density at radius 1 is 0.302 bits per heavy atom. The Kier molecular flexibility index (Phi) is 12.4. The van der Waals surface area contributed by atoms with E-state index >= 15 is 0 Å². The van der Waals surface area contributed by atoms with Crippen LogP contribution in [-0.2, 0) is 0 Å². The Hall–Kier alpha value is -6.65. The minimum absolute atomic E-state index is 0.207. The predicted molar refractivity (Wildman–Crippen MR) is 211 cm³/mol. The van der Waals surface area contributed by atoms with E-state index in [1.54, 1.807) is 19.9 Å². The van der Waals surface area contributed by atoms with E-state index in [4.69, 9.17) is 0 Å². The highest BCUT2D eigenvalue weighted by Gasteiger charge is 2.07. The van der Waals surface area contributed by atoms with Gasteiger partial charge in [-0.3, -0.25) is 0 Å². The van der Waals surface area contributed by atoms with E-state index in [1.165, 1.54) is 29.3 Å². The highest BCUT2D eigenvalue weighted by molar-refractivity contribution is 5.53. The summed E-state index contributed by atoms with van der Waals surface area (Å²) < 4.78 is 41.4. The second kappa shape index (κ2) is 17.5. The van der Waals surface area contributed by atoms with Crippen molar-refractivity contribution in [3.63, 3.8) is 0 Å². The smallest absolute Gasteiger partial charge is 0.142 e. The Morgan fingerprint density at radius 3 is 1.11 bits per heavy atom. The molecule has 0 unspecified atom stereocenters. The molecule has 0 saturated heterocycles. The van der Waals surface area contributed by atoms with Crippen LogP contribution in [0, 0.1) is 106 Å². The fourth-order valence-corrected chi connectivity index (χ4v) is 5.09. The lowest BCUT2D eigenvalue weighted by Crippen LogP contribution is -1.92. The molecular weight excluding hydrogens is 658 g/mol. The Balaban J connectivity index is 0.000000204. The van der Waals surface area contributed by atoms with Crippen molar-refractivity contribution in [1.29, 1.82) is 0 Å². The zero-order chi connectivity index (χ0) is 37.9. The number of hydrogen-bond donors (Lipinski definition) is 0. The zero-order valence-electron chi connectivity index (χ0n) is 30.6. The minimum atomic E-state index is -0.641. The predicted octanol–water partition coefficient (Wildman–Crippen LogP) is 11.2. The molecule has 0 N–H and O–H groups in total. The molecule has 0 spiro atoms. The first-order chi connectivity index (χ1) is 25.4. The number of rotatable bonds is 0. The molecule has 0 fully saturated rings. The maximum atomic E-state index is 13.9. The van der Waals surface area contributed by atoms with E-state index in [-0.39, 0.29) is 11.4 Å². The van der Waals surface area contributed by atoms with Crippen molar-refractivity contribution < 1.29 is 13.2 Å². The summed E-state index contributed by atoms with van der Waals surface area (Å²) in [5.74, 6) is 22.7. The molecule has 0 aromatic heterocycles. The summed E-state index contributed by atoms with van der Waals surface area (Å²) in [4.78, 5) is 0. The summed E-state index contributed by atoms with van der Waals surface area (Å²) >= 11 is 0. The zero-order valence-corrected chi connectivity index (χ0v) is 30.6. The van der Waals surface area contributed by atoms with Gasteiger partial charge in [0, 0.05) is 38.9 Å². The first-order valence-corrected chi connectivity index (χ1v) is 17.1. The third-order valence-corrected chi connectivity index (χ3v) is 8.28. The van der Waals surface area contributed by atoms with E-state index in [0.29, 0.717) is 22.3 Å². The molecule has 0 nitrogen and oxygen atoms in total. The number of aryl methyl sites for hydroxylation is 6. The summed E-state index contributed by atoms with van der Waals surface area (Å²) in [5, 5.41) is 0. The fraction of sp³-hybridized carbons (Fsp3) is 0.120. The Bertz CT molecular complexity index is 2520. The van der Waals surface area contributed by atoms with Crippen molar-refractivity contribution in [2.24, 2.45) is 0 Å². The maximum absolute atomic E-state index is 13.9. The van der Waals surface area contributed by atoms with Crippen molar-refractivity contribution in [1.82, 2.24) is 0 Å². The van der Waals surface area contributed by atoms with Crippen LogP contribution in [0.2, 0.25) is 0 Å². The Labute approximate surface area is 311 Å². The second-order valence-corrected chi connectivity index (χ2v) is 12.9. The van der Waals surface area contributed by atoms with Crippen LogP contribution >= 0.6 is 0 Å². The lowest BCUT2D eigenvalue weighted by atomic mass is 10.0. The second-order valence-electron chi connectivity index (χ2n) is 12.9. The standard InChI is InChI=1S/C25H18F2.C25H19F/c1-17-4-6-20(7-5-17)8-11-22-12-9-21(16-19(22)3)10-13-23-24(26)14-18(2)15-25(23)27;1-18-4-7-21(8-5-18)12-14-24-15-13-22(16-20(24)3)10-11-23-9-6-19(2)25(26)17-23/h4-7,9,12,14-16H,1-3H3;4-9,13,15-17H,1-3H3. The highest BCUT2D eigenvalue weighted by Crippen LogP contribution is 2.16. The van der Waals surface area contributed by atoms with E-state index in [0.717, 1.165) is 38.9 Å². The third kappa shape index (κ3) is 10.9. The molecule has 0 atom stereocenters. The molecule has 6 rings (SSSR count). The monoisotopic (exact) mass is 694 g/mol.